The second-order valence-electron chi connectivity index (χ2n) is 3.87. The minimum Gasteiger partial charge on any atom is -0.264 e. The summed E-state index contributed by atoms with van der Waals surface area (Å²) in [7, 11) is 3.83. The molecule has 102 valence electrons. The van der Waals surface area contributed by atoms with Gasteiger partial charge in [0, 0.05) is 0 Å². The van der Waals surface area contributed by atoms with Gasteiger partial charge in [-0.3, -0.25) is 12.2 Å². The molecule has 0 nitrogen and oxygen atoms in total. The van der Waals surface area contributed by atoms with E-state index in [1.165, 1.54) is 10.6 Å². The van der Waals surface area contributed by atoms with Crippen molar-refractivity contribution in [2.24, 2.45) is 0 Å². The van der Waals surface area contributed by atoms with Gasteiger partial charge in [-0.1, -0.05) is 0 Å². The van der Waals surface area contributed by atoms with Gasteiger partial charge in [0.25, 0.3) is 0 Å². The predicted molar refractivity (Wildman–Crippen MR) is 95.9 cm³/mol. The summed E-state index contributed by atoms with van der Waals surface area (Å²) in [5.41, 5.74) is 0. The molecule has 0 aromatic heterocycles. The monoisotopic (exact) mass is 362 g/mol. The molecule has 0 saturated heterocycles. The third-order valence-corrected chi connectivity index (χ3v) is 6.40. The first kappa shape index (κ1) is 20.4. The summed E-state index contributed by atoms with van der Waals surface area (Å²) in [4.78, 5) is 0. The third kappa shape index (κ3) is 7.82. The molecule has 0 heterocycles. The van der Waals surface area contributed by atoms with Gasteiger partial charge in [0.2, 0.25) is 0 Å². The fraction of sp³-hybridized carbons (Fsp3) is 0.429. The standard InChI is InChI=1S/2C7H11P2.Ti/c2*1-8-6-3-4-7(5-6)9-2;/h2*5,8-9H,3H2,1-2H3;/q2*-1;+2. The summed E-state index contributed by atoms with van der Waals surface area (Å²) in [6.07, 6.45) is 13.5. The van der Waals surface area contributed by atoms with Crippen molar-refractivity contribution in [3.63, 3.8) is 0 Å². The molecule has 0 radical (unpaired) electrons. The second-order valence-corrected chi connectivity index (χ2v) is 8.24. The average molecular weight is 362 g/mol. The Bertz CT molecular complexity index is 356. The van der Waals surface area contributed by atoms with Gasteiger partial charge in [-0.05, 0) is 26.7 Å². The van der Waals surface area contributed by atoms with Crippen LogP contribution >= 0.6 is 34.3 Å². The minimum absolute atomic E-state index is 0. The van der Waals surface area contributed by atoms with E-state index in [2.05, 4.69) is 51.0 Å². The fourth-order valence-electron chi connectivity index (χ4n) is 1.58. The Hall–Kier alpha value is 1.39. The predicted octanol–water partition coefficient (Wildman–Crippen LogP) is 5.15. The number of rotatable bonds is 4. The van der Waals surface area contributed by atoms with Crippen molar-refractivity contribution in [1.29, 1.82) is 0 Å². The maximum Gasteiger partial charge on any atom is 2.00 e. The number of hydrogen-bond donors (Lipinski definition) is 0. The SMILES string of the molecule is CPC1=[C-]CC(PC)=C1.CPC1=[C-]CC(PC)=C1.[Ti+2]. The minimum atomic E-state index is 0. The van der Waals surface area contributed by atoms with Gasteiger partial charge >= 0.3 is 21.7 Å². The van der Waals surface area contributed by atoms with Gasteiger partial charge in [0.05, 0.1) is 0 Å². The molecule has 4 unspecified atom stereocenters. The molecule has 2 rings (SSSR count). The zero-order valence-corrected chi connectivity index (χ0v) is 17.6. The molecule has 2 aliphatic rings. The maximum absolute atomic E-state index is 3.35. The zero-order valence-electron chi connectivity index (χ0n) is 12.1. The van der Waals surface area contributed by atoms with Crippen molar-refractivity contribution in [1.82, 2.24) is 0 Å². The van der Waals surface area contributed by atoms with Crippen LogP contribution in [0, 0.1) is 12.2 Å². The first-order chi connectivity index (χ1) is 8.73. The molecule has 0 bridgehead atoms. The quantitative estimate of drug-likeness (QED) is 0.369. The van der Waals surface area contributed by atoms with Crippen LogP contribution in [-0.2, 0) is 21.7 Å². The molecule has 0 aromatic rings. The Balaban J connectivity index is 0.000000324. The Morgan fingerprint density at radius 1 is 0.737 bits per heavy atom. The van der Waals surface area contributed by atoms with Crippen LogP contribution in [-0.4, -0.2) is 26.7 Å². The number of hydrogen-bond acceptors (Lipinski definition) is 0. The fourth-order valence-corrected chi connectivity index (χ4v) is 4.14. The molecular formula is C14H22P4Ti. The molecule has 2 aliphatic carbocycles. The van der Waals surface area contributed by atoms with Gasteiger partial charge in [-0.15, -0.1) is 57.8 Å². The van der Waals surface area contributed by atoms with E-state index < -0.39 is 0 Å². The molecule has 0 N–H and O–H groups in total. The summed E-state index contributed by atoms with van der Waals surface area (Å²) in [5.74, 6) is 0. The zero-order chi connectivity index (χ0) is 13.4. The van der Waals surface area contributed by atoms with Crippen molar-refractivity contribution in [3.8, 4) is 0 Å². The van der Waals surface area contributed by atoms with Gasteiger partial charge in [0.1, 0.15) is 0 Å². The van der Waals surface area contributed by atoms with Crippen LogP contribution in [0.3, 0.4) is 0 Å². The van der Waals surface area contributed by atoms with Crippen molar-refractivity contribution < 1.29 is 21.7 Å². The Morgan fingerprint density at radius 2 is 1.11 bits per heavy atom. The van der Waals surface area contributed by atoms with Crippen LogP contribution < -0.4 is 0 Å². The Kier molecular flexibility index (Phi) is 12.9. The first-order valence-electron chi connectivity index (χ1n) is 6.07. The molecule has 5 heteroatoms. The van der Waals surface area contributed by atoms with Crippen LogP contribution in [0.25, 0.3) is 0 Å². The molecular weight excluding hydrogens is 340 g/mol. The Labute approximate surface area is 140 Å². The third-order valence-electron chi connectivity index (χ3n) is 2.76. The van der Waals surface area contributed by atoms with E-state index in [9.17, 15) is 0 Å². The summed E-state index contributed by atoms with van der Waals surface area (Å²) in [6, 6.07) is 0. The molecule has 0 aliphatic heterocycles. The average Bonchev–Trinajstić information content (AvgIpc) is 3.07. The van der Waals surface area contributed by atoms with Crippen molar-refractivity contribution in [3.05, 3.63) is 45.6 Å². The maximum atomic E-state index is 3.35. The molecule has 0 spiro atoms. The van der Waals surface area contributed by atoms with Gasteiger partial charge in [0.15, 0.2) is 0 Å². The summed E-state index contributed by atoms with van der Waals surface area (Å²) in [6.45, 7) is 8.88. The van der Waals surface area contributed by atoms with Crippen molar-refractivity contribution >= 4 is 34.3 Å². The van der Waals surface area contributed by atoms with Crippen molar-refractivity contribution in [2.45, 2.75) is 12.8 Å². The Morgan fingerprint density at radius 3 is 1.26 bits per heavy atom. The van der Waals surface area contributed by atoms with Crippen molar-refractivity contribution in [2.75, 3.05) is 26.7 Å². The van der Waals surface area contributed by atoms with Crippen LogP contribution in [0.1, 0.15) is 12.8 Å². The molecule has 0 fully saturated rings. The van der Waals surface area contributed by atoms with Crippen LogP contribution in [0.5, 0.6) is 0 Å². The van der Waals surface area contributed by atoms with Gasteiger partial charge in [-0.2, -0.15) is 0 Å². The topological polar surface area (TPSA) is 0 Å². The van der Waals surface area contributed by atoms with E-state index in [-0.39, 0.29) is 21.7 Å². The van der Waals surface area contributed by atoms with E-state index in [1.807, 2.05) is 0 Å². The summed E-state index contributed by atoms with van der Waals surface area (Å²) in [5, 5.41) is 6.00. The van der Waals surface area contributed by atoms with E-state index in [0.717, 1.165) is 47.2 Å². The summed E-state index contributed by atoms with van der Waals surface area (Å²) < 4.78 is 0. The molecule has 0 saturated carbocycles. The van der Waals surface area contributed by atoms with E-state index in [4.69, 9.17) is 0 Å². The van der Waals surface area contributed by atoms with Crippen LogP contribution in [0.15, 0.2) is 33.4 Å². The first-order valence-corrected chi connectivity index (χ1v) is 12.1. The molecule has 4 atom stereocenters. The largest absolute Gasteiger partial charge is 2.00 e. The van der Waals surface area contributed by atoms with Gasteiger partial charge < -0.3 is 0 Å². The molecule has 0 amide bonds. The molecule has 19 heavy (non-hydrogen) atoms. The van der Waals surface area contributed by atoms with E-state index in [1.54, 1.807) is 10.6 Å². The molecule has 0 aromatic carbocycles. The summed E-state index contributed by atoms with van der Waals surface area (Å²) >= 11 is 0. The van der Waals surface area contributed by atoms with E-state index in [0.29, 0.717) is 0 Å². The van der Waals surface area contributed by atoms with Crippen LogP contribution in [0.4, 0.5) is 0 Å². The smallest absolute Gasteiger partial charge is 0.264 e. The second kappa shape index (κ2) is 12.0. The van der Waals surface area contributed by atoms with Crippen LogP contribution in [0.2, 0.25) is 0 Å². The van der Waals surface area contributed by atoms with E-state index >= 15 is 0 Å². The normalized spacial score (nSPS) is 19.2. The van der Waals surface area contributed by atoms with Gasteiger partial charge in [-0.25, -0.2) is 22.8 Å². The number of allylic oxidation sites excluding steroid dienone is 8.